The molecule has 1 heterocycles. The number of amides is 1. The second-order valence-corrected chi connectivity index (χ2v) is 4.92. The number of carbonyl (C=O) groups is 1. The van der Waals surface area contributed by atoms with Crippen molar-refractivity contribution in [3.63, 3.8) is 0 Å². The molecule has 0 aliphatic heterocycles. The Labute approximate surface area is 123 Å². The molecule has 0 bridgehead atoms. The first-order valence-electron chi connectivity index (χ1n) is 5.63. The lowest BCUT2D eigenvalue weighted by Gasteiger charge is -2.16. The highest BCUT2D eigenvalue weighted by Gasteiger charge is 2.16. The molecule has 0 spiro atoms. The fraction of sp³-hybridized carbons (Fsp3) is 0.0769. The number of benzene rings is 1. The average Bonchev–Trinajstić information content (AvgIpc) is 2.46. The predicted octanol–water partition coefficient (Wildman–Crippen LogP) is 3.03. The maximum absolute atomic E-state index is 12.2. The molecule has 0 fully saturated rings. The Morgan fingerprint density at radius 1 is 1.35 bits per heavy atom. The molecule has 1 aromatic heterocycles. The highest BCUT2D eigenvalue weighted by Crippen LogP contribution is 2.21. The second kappa shape index (κ2) is 5.79. The molecule has 6 nitrogen and oxygen atoms in total. The van der Waals surface area contributed by atoms with Crippen LogP contribution in [0.3, 0.4) is 0 Å². The van der Waals surface area contributed by atoms with Gasteiger partial charge in [-0.05, 0) is 34.1 Å². The number of pyridine rings is 1. The normalized spacial score (nSPS) is 10.1. The number of carbonyl (C=O) groups excluding carboxylic acids is 1. The van der Waals surface area contributed by atoms with Crippen molar-refractivity contribution >= 4 is 33.2 Å². The molecule has 2 aromatic rings. The van der Waals surface area contributed by atoms with E-state index in [0.29, 0.717) is 5.69 Å². The number of halogens is 1. The van der Waals surface area contributed by atoms with E-state index in [4.69, 9.17) is 0 Å². The molecule has 0 aliphatic rings. The van der Waals surface area contributed by atoms with E-state index >= 15 is 0 Å². The monoisotopic (exact) mass is 335 g/mol. The van der Waals surface area contributed by atoms with Crippen LogP contribution >= 0.6 is 15.9 Å². The smallest absolute Gasteiger partial charge is 0.276 e. The molecule has 1 amide bonds. The zero-order valence-corrected chi connectivity index (χ0v) is 12.1. The summed E-state index contributed by atoms with van der Waals surface area (Å²) < 4.78 is 0.770. The predicted molar refractivity (Wildman–Crippen MR) is 77.8 cm³/mol. The molecule has 102 valence electrons. The molecule has 0 N–H and O–H groups in total. The van der Waals surface area contributed by atoms with Crippen molar-refractivity contribution in [2.24, 2.45) is 0 Å². The molecular weight excluding hydrogens is 326 g/mol. The van der Waals surface area contributed by atoms with Crippen LogP contribution < -0.4 is 4.90 Å². The lowest BCUT2D eigenvalue weighted by Crippen LogP contribution is -2.27. The van der Waals surface area contributed by atoms with Gasteiger partial charge in [-0.2, -0.15) is 0 Å². The van der Waals surface area contributed by atoms with E-state index in [1.807, 2.05) is 0 Å². The SMILES string of the molecule is CN(C(=O)c1ccc(Br)cn1)c1cccc([N+](=O)[O-])c1. The highest BCUT2D eigenvalue weighted by atomic mass is 79.9. The van der Waals surface area contributed by atoms with Crippen molar-refractivity contribution in [2.45, 2.75) is 0 Å². The number of hydrogen-bond donors (Lipinski definition) is 0. The van der Waals surface area contributed by atoms with Crippen molar-refractivity contribution in [1.82, 2.24) is 4.98 Å². The summed E-state index contributed by atoms with van der Waals surface area (Å²) in [6, 6.07) is 9.17. The number of rotatable bonds is 3. The third kappa shape index (κ3) is 3.00. The zero-order chi connectivity index (χ0) is 14.7. The lowest BCUT2D eigenvalue weighted by molar-refractivity contribution is -0.384. The van der Waals surface area contributed by atoms with Gasteiger partial charge in [0.25, 0.3) is 11.6 Å². The summed E-state index contributed by atoms with van der Waals surface area (Å²) in [7, 11) is 1.55. The number of hydrogen-bond acceptors (Lipinski definition) is 4. The molecule has 2 rings (SSSR count). The van der Waals surface area contributed by atoms with Crippen LogP contribution in [0, 0.1) is 10.1 Å². The minimum atomic E-state index is -0.500. The lowest BCUT2D eigenvalue weighted by atomic mass is 10.2. The summed E-state index contributed by atoms with van der Waals surface area (Å²) >= 11 is 3.24. The first kappa shape index (κ1) is 14.1. The molecule has 0 unspecified atom stereocenters. The van der Waals surface area contributed by atoms with Crippen molar-refractivity contribution in [2.75, 3.05) is 11.9 Å². The van der Waals surface area contributed by atoms with E-state index in [1.54, 1.807) is 25.2 Å². The van der Waals surface area contributed by atoms with Crippen LogP contribution in [0.15, 0.2) is 47.1 Å². The van der Waals surface area contributed by atoms with Crippen LogP contribution in [0.4, 0.5) is 11.4 Å². The minimum absolute atomic E-state index is 0.0640. The Bertz CT molecular complexity index is 658. The molecule has 0 saturated carbocycles. The number of aromatic nitrogens is 1. The summed E-state index contributed by atoms with van der Waals surface area (Å²) in [6.45, 7) is 0. The fourth-order valence-electron chi connectivity index (χ4n) is 1.61. The Kier molecular flexibility index (Phi) is 4.09. The minimum Gasteiger partial charge on any atom is -0.310 e. The Hall–Kier alpha value is -2.28. The average molecular weight is 336 g/mol. The van der Waals surface area contributed by atoms with Gasteiger partial charge >= 0.3 is 0 Å². The molecule has 0 saturated heterocycles. The van der Waals surface area contributed by atoms with E-state index in [0.717, 1.165) is 4.47 Å². The van der Waals surface area contributed by atoms with Crippen LogP contribution in [0.25, 0.3) is 0 Å². The first-order valence-corrected chi connectivity index (χ1v) is 6.42. The standard InChI is InChI=1S/C13H10BrN3O3/c1-16(10-3-2-4-11(7-10)17(19)20)13(18)12-6-5-9(14)8-15-12/h2-8H,1H3. The van der Waals surface area contributed by atoms with Crippen LogP contribution in [0.5, 0.6) is 0 Å². The number of non-ortho nitro benzene ring substituents is 1. The number of nitrogens with zero attached hydrogens (tertiary/aromatic N) is 3. The van der Waals surface area contributed by atoms with E-state index < -0.39 is 4.92 Å². The van der Waals surface area contributed by atoms with Gasteiger partial charge in [-0.15, -0.1) is 0 Å². The summed E-state index contributed by atoms with van der Waals surface area (Å²) in [4.78, 5) is 27.8. The maximum atomic E-state index is 12.2. The largest absolute Gasteiger partial charge is 0.310 e. The van der Waals surface area contributed by atoms with E-state index in [9.17, 15) is 14.9 Å². The summed E-state index contributed by atoms with van der Waals surface area (Å²) in [5, 5.41) is 10.7. The van der Waals surface area contributed by atoms with Crippen molar-refractivity contribution in [3.05, 3.63) is 62.9 Å². The van der Waals surface area contributed by atoms with Crippen LogP contribution in [-0.2, 0) is 0 Å². The molecular formula is C13H10BrN3O3. The number of nitro benzene ring substituents is 1. The first-order chi connectivity index (χ1) is 9.49. The molecule has 0 aliphatic carbocycles. The number of anilines is 1. The number of nitro groups is 1. The fourth-order valence-corrected chi connectivity index (χ4v) is 1.84. The summed E-state index contributed by atoms with van der Waals surface area (Å²) in [5.74, 6) is -0.335. The summed E-state index contributed by atoms with van der Waals surface area (Å²) in [5.41, 5.74) is 0.641. The van der Waals surface area contributed by atoms with Gasteiger partial charge in [-0.3, -0.25) is 14.9 Å². The van der Waals surface area contributed by atoms with Crippen molar-refractivity contribution < 1.29 is 9.72 Å². The van der Waals surface area contributed by atoms with Gasteiger partial charge in [0.2, 0.25) is 0 Å². The van der Waals surface area contributed by atoms with E-state index in [2.05, 4.69) is 20.9 Å². The van der Waals surface area contributed by atoms with Crippen LogP contribution in [-0.4, -0.2) is 22.9 Å². The second-order valence-electron chi connectivity index (χ2n) is 4.00. The van der Waals surface area contributed by atoms with E-state index in [-0.39, 0.29) is 17.3 Å². The third-order valence-corrected chi connectivity index (χ3v) is 3.15. The molecule has 0 atom stereocenters. The topological polar surface area (TPSA) is 76.3 Å². The summed E-state index contributed by atoms with van der Waals surface area (Å²) in [6.07, 6.45) is 1.52. The molecule has 7 heteroatoms. The van der Waals surface area contributed by atoms with E-state index in [1.165, 1.54) is 29.3 Å². The Morgan fingerprint density at radius 3 is 2.70 bits per heavy atom. The molecule has 0 radical (unpaired) electrons. The van der Waals surface area contributed by atoms with Crippen LogP contribution in [0.1, 0.15) is 10.5 Å². The highest BCUT2D eigenvalue weighted by molar-refractivity contribution is 9.10. The Balaban J connectivity index is 2.28. The van der Waals surface area contributed by atoms with Gasteiger partial charge in [0.1, 0.15) is 5.69 Å². The molecule has 20 heavy (non-hydrogen) atoms. The van der Waals surface area contributed by atoms with Gasteiger partial charge in [-0.25, -0.2) is 4.98 Å². The third-order valence-electron chi connectivity index (χ3n) is 2.68. The van der Waals surface area contributed by atoms with Crippen LogP contribution in [0.2, 0.25) is 0 Å². The quantitative estimate of drug-likeness (QED) is 0.638. The maximum Gasteiger partial charge on any atom is 0.276 e. The van der Waals surface area contributed by atoms with Gasteiger partial charge in [-0.1, -0.05) is 6.07 Å². The molecule has 1 aromatic carbocycles. The van der Waals surface area contributed by atoms with Crippen molar-refractivity contribution in [1.29, 1.82) is 0 Å². The van der Waals surface area contributed by atoms with Crippen molar-refractivity contribution in [3.8, 4) is 0 Å². The zero-order valence-electron chi connectivity index (χ0n) is 10.5. The van der Waals surface area contributed by atoms with Gasteiger partial charge in [0.15, 0.2) is 0 Å². The van der Waals surface area contributed by atoms with Gasteiger partial charge < -0.3 is 4.90 Å². The van der Waals surface area contributed by atoms with Gasteiger partial charge in [0, 0.05) is 29.8 Å². The van der Waals surface area contributed by atoms with Gasteiger partial charge in [0.05, 0.1) is 10.6 Å². The Morgan fingerprint density at radius 2 is 2.10 bits per heavy atom.